The molecule has 1 N–H and O–H groups in total. The van der Waals surface area contributed by atoms with Crippen molar-refractivity contribution in [1.82, 2.24) is 0 Å². The maximum atomic E-state index is 12.7. The van der Waals surface area contributed by atoms with Crippen LogP contribution in [0, 0.1) is 6.92 Å². The summed E-state index contributed by atoms with van der Waals surface area (Å²) >= 11 is 1.01. The van der Waals surface area contributed by atoms with Gasteiger partial charge in [-0.3, -0.25) is 9.59 Å². The third kappa shape index (κ3) is 2.98. The first kappa shape index (κ1) is 15.7. The number of anilines is 2. The maximum absolute atomic E-state index is 12.7. The maximum Gasteiger partial charge on any atom is 0.295 e. The molecule has 124 valence electrons. The Labute approximate surface area is 149 Å². The normalized spacial score (nSPS) is 17.3. The number of thioether (sulfide) groups is 1. The topological polar surface area (TPSA) is 49.4 Å². The Bertz CT molecular complexity index is 969. The van der Waals surface area contributed by atoms with Crippen LogP contribution in [-0.4, -0.2) is 16.5 Å². The van der Waals surface area contributed by atoms with Crippen LogP contribution in [0.2, 0.25) is 0 Å². The molecule has 0 bridgehead atoms. The van der Waals surface area contributed by atoms with Gasteiger partial charge in [0.2, 0.25) is 0 Å². The SMILES string of the molecule is Cc1ccc(N2C(=O)S[C@@H](Nc3ccc4ccccc4c3)C2=O)cc1. The number of aryl methyl sites for hydroxylation is 1. The first-order valence-corrected chi connectivity index (χ1v) is 8.86. The van der Waals surface area contributed by atoms with Gasteiger partial charge >= 0.3 is 0 Å². The number of carbonyl (C=O) groups excluding carboxylic acids is 2. The number of nitrogens with one attached hydrogen (secondary N) is 1. The first-order chi connectivity index (χ1) is 12.1. The standard InChI is InChI=1S/C20H16N2O2S/c1-13-6-10-17(11-7-13)22-19(23)18(25-20(22)24)21-16-9-8-14-4-2-3-5-15(14)12-16/h2-12,18,21H,1H3/t18-/m1/s1. The zero-order valence-electron chi connectivity index (χ0n) is 13.6. The van der Waals surface area contributed by atoms with Crippen molar-refractivity contribution in [3.63, 3.8) is 0 Å². The highest BCUT2D eigenvalue weighted by Crippen LogP contribution is 2.33. The first-order valence-electron chi connectivity index (χ1n) is 7.98. The van der Waals surface area contributed by atoms with Crippen LogP contribution in [0.3, 0.4) is 0 Å². The van der Waals surface area contributed by atoms with Crippen molar-refractivity contribution in [3.8, 4) is 0 Å². The molecule has 1 saturated heterocycles. The lowest BCUT2D eigenvalue weighted by Gasteiger charge is -2.15. The van der Waals surface area contributed by atoms with Crippen LogP contribution in [0.15, 0.2) is 66.7 Å². The van der Waals surface area contributed by atoms with Gasteiger partial charge in [0.05, 0.1) is 5.69 Å². The van der Waals surface area contributed by atoms with Gasteiger partial charge < -0.3 is 5.32 Å². The van der Waals surface area contributed by atoms with Crippen LogP contribution < -0.4 is 10.2 Å². The summed E-state index contributed by atoms with van der Waals surface area (Å²) in [6.45, 7) is 1.97. The highest BCUT2D eigenvalue weighted by Gasteiger charge is 2.40. The number of fused-ring (bicyclic) bond motifs is 1. The van der Waals surface area contributed by atoms with Crippen molar-refractivity contribution in [1.29, 1.82) is 0 Å². The minimum Gasteiger partial charge on any atom is -0.365 e. The quantitative estimate of drug-likeness (QED) is 0.739. The van der Waals surface area contributed by atoms with Gasteiger partial charge in [0.15, 0.2) is 5.37 Å². The van der Waals surface area contributed by atoms with Gasteiger partial charge in [-0.1, -0.05) is 48.0 Å². The molecule has 1 aliphatic rings. The number of rotatable bonds is 3. The molecule has 4 rings (SSSR count). The van der Waals surface area contributed by atoms with Gasteiger partial charge in [-0.25, -0.2) is 4.90 Å². The summed E-state index contributed by atoms with van der Waals surface area (Å²) in [4.78, 5) is 26.2. The van der Waals surface area contributed by atoms with Crippen molar-refractivity contribution in [3.05, 3.63) is 72.3 Å². The Morgan fingerprint density at radius 1 is 0.920 bits per heavy atom. The predicted octanol–water partition coefficient (Wildman–Crippen LogP) is 4.79. The summed E-state index contributed by atoms with van der Waals surface area (Å²) in [5.74, 6) is -0.244. The number of hydrogen-bond donors (Lipinski definition) is 1. The average Bonchev–Trinajstić information content (AvgIpc) is 2.89. The summed E-state index contributed by atoms with van der Waals surface area (Å²) in [5.41, 5.74) is 2.51. The molecule has 1 aliphatic heterocycles. The molecule has 0 radical (unpaired) electrons. The zero-order chi connectivity index (χ0) is 17.4. The number of hydrogen-bond acceptors (Lipinski definition) is 4. The Morgan fingerprint density at radius 2 is 1.64 bits per heavy atom. The molecule has 4 nitrogen and oxygen atoms in total. The van der Waals surface area contributed by atoms with E-state index in [-0.39, 0.29) is 11.1 Å². The fourth-order valence-electron chi connectivity index (χ4n) is 2.86. The van der Waals surface area contributed by atoms with Crippen molar-refractivity contribution in [2.75, 3.05) is 10.2 Å². The molecule has 2 amide bonds. The number of amides is 2. The molecule has 1 heterocycles. The van der Waals surface area contributed by atoms with Crippen molar-refractivity contribution >= 4 is 45.1 Å². The van der Waals surface area contributed by atoms with Crippen molar-refractivity contribution in [2.45, 2.75) is 12.3 Å². The van der Waals surface area contributed by atoms with Crippen LogP contribution in [0.25, 0.3) is 10.8 Å². The van der Waals surface area contributed by atoms with E-state index in [2.05, 4.69) is 5.32 Å². The molecular weight excluding hydrogens is 332 g/mol. The molecule has 0 saturated carbocycles. The smallest absolute Gasteiger partial charge is 0.295 e. The van der Waals surface area contributed by atoms with E-state index in [1.807, 2.05) is 61.5 Å². The molecule has 0 aliphatic carbocycles. The summed E-state index contributed by atoms with van der Waals surface area (Å²) in [7, 11) is 0. The molecule has 0 unspecified atom stereocenters. The van der Waals surface area contributed by atoms with E-state index in [0.29, 0.717) is 5.69 Å². The number of carbonyl (C=O) groups is 2. The second kappa shape index (κ2) is 6.26. The second-order valence-corrected chi connectivity index (χ2v) is 7.04. The summed E-state index contributed by atoms with van der Waals surface area (Å²) in [6.07, 6.45) is 0. The van der Waals surface area contributed by atoms with E-state index in [4.69, 9.17) is 0 Å². The third-order valence-electron chi connectivity index (χ3n) is 4.19. The largest absolute Gasteiger partial charge is 0.365 e. The number of imide groups is 1. The lowest BCUT2D eigenvalue weighted by Crippen LogP contribution is -2.34. The predicted molar refractivity (Wildman–Crippen MR) is 103 cm³/mol. The van der Waals surface area contributed by atoms with Crippen LogP contribution in [0.5, 0.6) is 0 Å². The average molecular weight is 348 g/mol. The molecule has 0 spiro atoms. The second-order valence-electron chi connectivity index (χ2n) is 5.98. The molecule has 5 heteroatoms. The molecule has 25 heavy (non-hydrogen) atoms. The Morgan fingerprint density at radius 3 is 2.40 bits per heavy atom. The Kier molecular flexibility index (Phi) is 3.93. The van der Waals surface area contributed by atoms with E-state index in [1.54, 1.807) is 12.1 Å². The minimum absolute atomic E-state index is 0.244. The lowest BCUT2D eigenvalue weighted by molar-refractivity contribution is -0.116. The molecule has 3 aromatic rings. The van der Waals surface area contributed by atoms with E-state index >= 15 is 0 Å². The van der Waals surface area contributed by atoms with Gasteiger partial charge in [0, 0.05) is 5.69 Å². The summed E-state index contributed by atoms with van der Waals surface area (Å²) < 4.78 is 0. The number of nitrogens with zero attached hydrogens (tertiary/aromatic N) is 1. The van der Waals surface area contributed by atoms with Crippen molar-refractivity contribution in [2.24, 2.45) is 0 Å². The lowest BCUT2D eigenvalue weighted by atomic mass is 10.1. The van der Waals surface area contributed by atoms with Gasteiger partial charge in [-0.15, -0.1) is 0 Å². The number of benzene rings is 3. The van der Waals surface area contributed by atoms with E-state index in [0.717, 1.165) is 33.8 Å². The van der Waals surface area contributed by atoms with Gasteiger partial charge in [-0.05, 0) is 53.7 Å². The van der Waals surface area contributed by atoms with Gasteiger partial charge in [-0.2, -0.15) is 0 Å². The monoisotopic (exact) mass is 348 g/mol. The van der Waals surface area contributed by atoms with Crippen LogP contribution in [0.4, 0.5) is 16.2 Å². The Hall–Kier alpha value is -2.79. The highest BCUT2D eigenvalue weighted by atomic mass is 32.2. The molecular formula is C20H16N2O2S. The minimum atomic E-state index is -0.616. The summed E-state index contributed by atoms with van der Waals surface area (Å²) in [6, 6.07) is 21.3. The third-order valence-corrected chi connectivity index (χ3v) is 5.12. The fourth-order valence-corrected chi connectivity index (χ4v) is 3.76. The fraction of sp³-hybridized carbons (Fsp3) is 0.100. The molecule has 3 aromatic carbocycles. The van der Waals surface area contributed by atoms with Gasteiger partial charge in [0.25, 0.3) is 11.1 Å². The zero-order valence-corrected chi connectivity index (χ0v) is 14.4. The van der Waals surface area contributed by atoms with Crippen LogP contribution in [-0.2, 0) is 4.79 Å². The molecule has 1 atom stereocenters. The van der Waals surface area contributed by atoms with Crippen LogP contribution in [0.1, 0.15) is 5.56 Å². The van der Waals surface area contributed by atoms with E-state index in [1.165, 1.54) is 4.90 Å². The highest BCUT2D eigenvalue weighted by molar-refractivity contribution is 8.16. The Balaban J connectivity index is 1.57. The van der Waals surface area contributed by atoms with Gasteiger partial charge in [0.1, 0.15) is 0 Å². The molecule has 1 fully saturated rings. The molecule has 0 aromatic heterocycles. The summed E-state index contributed by atoms with van der Waals surface area (Å²) in [5, 5.41) is 4.52. The van der Waals surface area contributed by atoms with E-state index in [9.17, 15) is 9.59 Å². The van der Waals surface area contributed by atoms with Crippen molar-refractivity contribution < 1.29 is 9.59 Å². The van der Waals surface area contributed by atoms with E-state index < -0.39 is 5.37 Å². The van der Waals surface area contributed by atoms with Crippen LogP contribution >= 0.6 is 11.8 Å².